The fourth-order valence-corrected chi connectivity index (χ4v) is 3.32. The number of carbonyl (C=O) groups excluding carboxylic acids is 1. The van der Waals surface area contributed by atoms with Crippen molar-refractivity contribution in [1.82, 2.24) is 14.8 Å². The predicted octanol–water partition coefficient (Wildman–Crippen LogP) is 4.83. The Hall–Kier alpha value is -2.88. The summed E-state index contributed by atoms with van der Waals surface area (Å²) in [4.78, 5) is 15.8. The van der Waals surface area contributed by atoms with Gasteiger partial charge >= 0.3 is 0 Å². The molecule has 0 fully saturated rings. The summed E-state index contributed by atoms with van der Waals surface area (Å²) in [6.07, 6.45) is 0.675. The number of carbonyl (C=O) groups is 1. The predicted molar refractivity (Wildman–Crippen MR) is 106 cm³/mol. The molecule has 0 aliphatic carbocycles. The van der Waals surface area contributed by atoms with E-state index in [4.69, 9.17) is 0 Å². The normalized spacial score (nSPS) is 10.4. The van der Waals surface area contributed by atoms with Crippen molar-refractivity contribution < 1.29 is 24.9 Å². The van der Waals surface area contributed by atoms with Crippen LogP contribution in [-0.4, -0.2) is 21.1 Å². The van der Waals surface area contributed by atoms with Crippen LogP contribution in [0.25, 0.3) is 28.2 Å². The van der Waals surface area contributed by atoms with Gasteiger partial charge in [-0.05, 0) is 31.0 Å². The number of aldehydes is 1. The van der Waals surface area contributed by atoms with Crippen LogP contribution in [0.3, 0.4) is 0 Å². The molecule has 0 unspecified atom stereocenters. The largest absolute Gasteiger partial charge is 0.294 e. The molecule has 0 saturated carbocycles. The van der Waals surface area contributed by atoms with Crippen LogP contribution in [0.1, 0.15) is 21.7 Å². The molecule has 5 heteroatoms. The van der Waals surface area contributed by atoms with Crippen molar-refractivity contribution in [3.63, 3.8) is 0 Å². The summed E-state index contributed by atoms with van der Waals surface area (Å²) in [5.41, 5.74) is 6.07. The fourth-order valence-electron chi connectivity index (χ4n) is 3.32. The molecule has 0 aliphatic heterocycles. The van der Waals surface area contributed by atoms with E-state index in [1.807, 2.05) is 42.5 Å². The first-order valence-corrected chi connectivity index (χ1v) is 8.74. The second-order valence-corrected chi connectivity index (χ2v) is 6.44. The molecule has 1 radical (unpaired) electrons. The summed E-state index contributed by atoms with van der Waals surface area (Å²) in [5, 5.41) is 4.47. The van der Waals surface area contributed by atoms with Crippen molar-refractivity contribution in [2.24, 2.45) is 0 Å². The molecule has 0 saturated heterocycles. The summed E-state index contributed by atoms with van der Waals surface area (Å²) in [5.74, 6) is 0.753. The Morgan fingerprint density at radius 2 is 1.75 bits per heavy atom. The molecular formula is C23H18IrN3O-. The van der Waals surface area contributed by atoms with E-state index in [-0.39, 0.29) is 25.9 Å². The molecule has 1 heterocycles. The SMILES string of the molecule is Cc1cc(C)c(-n2nc(C=O)nc2-c2[c-]cccc2)c(-c2ccccc2)c1.[Ir]. The maximum Gasteiger partial charge on any atom is 0.204 e. The number of rotatable bonds is 4. The molecule has 0 bridgehead atoms. The second kappa shape index (κ2) is 8.42. The Balaban J connectivity index is 0.00000225. The molecule has 1 aromatic heterocycles. The molecular weight excluding hydrogens is 526 g/mol. The first-order chi connectivity index (χ1) is 13.2. The monoisotopic (exact) mass is 545 g/mol. The summed E-state index contributed by atoms with van der Waals surface area (Å²) < 4.78 is 1.76. The van der Waals surface area contributed by atoms with Crippen molar-refractivity contribution in [2.75, 3.05) is 0 Å². The molecule has 0 aliphatic rings. The minimum Gasteiger partial charge on any atom is -0.294 e. The van der Waals surface area contributed by atoms with E-state index in [2.05, 4.69) is 54.3 Å². The van der Waals surface area contributed by atoms with E-state index in [1.54, 1.807) is 4.68 Å². The van der Waals surface area contributed by atoms with Crippen molar-refractivity contribution >= 4 is 6.29 Å². The molecule has 4 nitrogen and oxygen atoms in total. The van der Waals surface area contributed by atoms with E-state index in [0.717, 1.165) is 27.9 Å². The maximum atomic E-state index is 11.4. The molecule has 0 spiro atoms. The molecule has 4 aromatic rings. The molecule has 0 atom stereocenters. The van der Waals surface area contributed by atoms with Crippen molar-refractivity contribution in [3.05, 3.63) is 89.7 Å². The zero-order chi connectivity index (χ0) is 18.8. The van der Waals surface area contributed by atoms with Gasteiger partial charge in [-0.25, -0.2) is 0 Å². The standard InChI is InChI=1S/C23H18N3O.Ir/c1-16-13-17(2)22(20(14-16)18-9-5-3-6-10-18)26-23(24-21(15-27)25-26)19-11-7-4-8-12-19;/h3-11,13-15H,1-2H3;/q-1;. The van der Waals surface area contributed by atoms with Crippen LogP contribution in [0.15, 0.2) is 66.7 Å². The number of hydrogen-bond acceptors (Lipinski definition) is 3. The van der Waals surface area contributed by atoms with Gasteiger partial charge in [-0.3, -0.25) is 14.5 Å². The third kappa shape index (κ3) is 3.72. The Kier molecular flexibility index (Phi) is 5.98. The number of nitrogens with zero attached hydrogens (tertiary/aromatic N) is 3. The molecule has 0 amide bonds. The Morgan fingerprint density at radius 3 is 2.43 bits per heavy atom. The van der Waals surface area contributed by atoms with Crippen LogP contribution in [0.4, 0.5) is 0 Å². The maximum absolute atomic E-state index is 11.4. The summed E-state index contributed by atoms with van der Waals surface area (Å²) in [6.45, 7) is 4.13. The van der Waals surface area contributed by atoms with Gasteiger partial charge in [0.25, 0.3) is 0 Å². The summed E-state index contributed by atoms with van der Waals surface area (Å²) in [7, 11) is 0. The average Bonchev–Trinajstić information content (AvgIpc) is 3.13. The van der Waals surface area contributed by atoms with E-state index in [9.17, 15) is 4.79 Å². The van der Waals surface area contributed by atoms with Crippen molar-refractivity contribution in [2.45, 2.75) is 13.8 Å². The third-order valence-corrected chi connectivity index (χ3v) is 4.42. The molecule has 3 aromatic carbocycles. The van der Waals surface area contributed by atoms with Gasteiger partial charge < -0.3 is 0 Å². The van der Waals surface area contributed by atoms with Crippen LogP contribution in [-0.2, 0) is 20.1 Å². The fraction of sp³-hybridized carbons (Fsp3) is 0.0870. The number of aromatic nitrogens is 3. The van der Waals surface area contributed by atoms with Gasteiger partial charge in [-0.15, -0.1) is 35.9 Å². The van der Waals surface area contributed by atoms with Gasteiger partial charge in [0, 0.05) is 25.7 Å². The third-order valence-electron chi connectivity index (χ3n) is 4.42. The molecule has 0 N–H and O–H groups in total. The first-order valence-electron chi connectivity index (χ1n) is 8.74. The average molecular weight is 545 g/mol. The second-order valence-electron chi connectivity index (χ2n) is 6.44. The van der Waals surface area contributed by atoms with E-state index in [1.165, 1.54) is 5.56 Å². The van der Waals surface area contributed by atoms with Gasteiger partial charge in [0.15, 0.2) is 6.29 Å². The van der Waals surface area contributed by atoms with Gasteiger partial charge in [-0.1, -0.05) is 42.0 Å². The Bertz CT molecular complexity index is 1110. The number of hydrogen-bond donors (Lipinski definition) is 0. The van der Waals surface area contributed by atoms with E-state index >= 15 is 0 Å². The zero-order valence-electron chi connectivity index (χ0n) is 15.5. The van der Waals surface area contributed by atoms with Crippen LogP contribution >= 0.6 is 0 Å². The van der Waals surface area contributed by atoms with Gasteiger partial charge in [0.1, 0.15) is 0 Å². The van der Waals surface area contributed by atoms with Gasteiger partial charge in [-0.2, -0.15) is 5.10 Å². The number of aryl methyl sites for hydroxylation is 2. The number of benzene rings is 3. The van der Waals surface area contributed by atoms with Crippen LogP contribution in [0.5, 0.6) is 0 Å². The quantitative estimate of drug-likeness (QED) is 0.273. The zero-order valence-corrected chi connectivity index (χ0v) is 17.9. The van der Waals surface area contributed by atoms with Crippen LogP contribution in [0, 0.1) is 19.9 Å². The van der Waals surface area contributed by atoms with Gasteiger partial charge in [0.2, 0.25) is 5.82 Å². The van der Waals surface area contributed by atoms with Gasteiger partial charge in [0.05, 0.1) is 11.5 Å². The van der Waals surface area contributed by atoms with Crippen molar-refractivity contribution in [1.29, 1.82) is 0 Å². The molecule has 4 rings (SSSR count). The minimum atomic E-state index is 0. The summed E-state index contributed by atoms with van der Waals surface area (Å²) >= 11 is 0. The molecule has 141 valence electrons. The Labute approximate surface area is 177 Å². The smallest absolute Gasteiger partial charge is 0.204 e. The van der Waals surface area contributed by atoms with Crippen molar-refractivity contribution in [3.8, 4) is 28.2 Å². The van der Waals surface area contributed by atoms with E-state index in [0.29, 0.717) is 12.1 Å². The summed E-state index contributed by atoms with van der Waals surface area (Å²) in [6, 6.07) is 25.2. The molecule has 28 heavy (non-hydrogen) atoms. The van der Waals surface area contributed by atoms with Crippen LogP contribution in [0.2, 0.25) is 0 Å². The Morgan fingerprint density at radius 1 is 1.00 bits per heavy atom. The van der Waals surface area contributed by atoms with E-state index < -0.39 is 0 Å². The minimum absolute atomic E-state index is 0. The first kappa shape index (κ1) is 19.9. The topological polar surface area (TPSA) is 47.8 Å². The van der Waals surface area contributed by atoms with Crippen LogP contribution < -0.4 is 0 Å².